The molecule has 1 rings (SSSR count). The summed E-state index contributed by atoms with van der Waals surface area (Å²) in [6.07, 6.45) is 0.978. The summed E-state index contributed by atoms with van der Waals surface area (Å²) in [7, 11) is -3.95. The van der Waals surface area contributed by atoms with Gasteiger partial charge in [0.2, 0.25) is 5.91 Å². The van der Waals surface area contributed by atoms with Crippen LogP contribution in [0, 0.1) is 0 Å². The monoisotopic (exact) mass is 349 g/mol. The van der Waals surface area contributed by atoms with Crippen molar-refractivity contribution in [1.82, 2.24) is 14.3 Å². The Bertz CT molecular complexity index is 541. The number of carbonyl (C=O) groups is 2. The third kappa shape index (κ3) is 5.74. The van der Waals surface area contributed by atoms with Crippen molar-refractivity contribution in [2.24, 2.45) is 0 Å². The molecule has 0 spiro atoms. The Morgan fingerprint density at radius 3 is 2.48 bits per heavy atom. The first-order chi connectivity index (χ1) is 10.5. The Morgan fingerprint density at radius 2 is 1.96 bits per heavy atom. The Labute approximate surface area is 138 Å². The lowest BCUT2D eigenvalue weighted by molar-refractivity contribution is -0.158. The van der Waals surface area contributed by atoms with Gasteiger partial charge in [-0.05, 0) is 47.5 Å². The Morgan fingerprint density at radius 1 is 1.35 bits per heavy atom. The number of ether oxygens (including phenoxy) is 1. The van der Waals surface area contributed by atoms with Gasteiger partial charge in [0.1, 0.15) is 11.6 Å². The lowest BCUT2D eigenvalue weighted by Crippen LogP contribution is -2.53. The predicted molar refractivity (Wildman–Crippen MR) is 85.8 cm³/mol. The summed E-state index contributed by atoms with van der Waals surface area (Å²) < 4.78 is 33.6. The average Bonchev–Trinajstić information content (AvgIpc) is 2.86. The fraction of sp³-hybridized carbons (Fsp3) is 0.857. The van der Waals surface area contributed by atoms with Gasteiger partial charge in [-0.2, -0.15) is 17.4 Å². The van der Waals surface area contributed by atoms with Crippen LogP contribution >= 0.6 is 0 Å². The van der Waals surface area contributed by atoms with Gasteiger partial charge in [0, 0.05) is 13.1 Å². The first-order valence-electron chi connectivity index (χ1n) is 7.77. The number of amides is 1. The second-order valence-electron chi connectivity index (χ2n) is 6.54. The van der Waals surface area contributed by atoms with Gasteiger partial charge in [-0.25, -0.2) is 0 Å². The fourth-order valence-corrected chi connectivity index (χ4v) is 3.89. The molecular formula is C14H27N3O5S. The number of likely N-dealkylation sites (N-methyl/N-ethyl adjacent to an activating group) is 1. The molecule has 1 unspecified atom stereocenters. The van der Waals surface area contributed by atoms with Crippen molar-refractivity contribution in [3.63, 3.8) is 0 Å². The highest BCUT2D eigenvalue weighted by Gasteiger charge is 2.41. The minimum absolute atomic E-state index is 0.224. The fourth-order valence-electron chi connectivity index (χ4n) is 2.31. The maximum Gasteiger partial charge on any atom is 0.325 e. The summed E-state index contributed by atoms with van der Waals surface area (Å²) in [6.45, 7) is 9.03. The number of rotatable bonds is 6. The van der Waals surface area contributed by atoms with E-state index in [9.17, 15) is 18.0 Å². The van der Waals surface area contributed by atoms with Gasteiger partial charge in [-0.1, -0.05) is 0 Å². The van der Waals surface area contributed by atoms with E-state index in [1.165, 1.54) is 6.92 Å². The second kappa shape index (κ2) is 7.59. The van der Waals surface area contributed by atoms with Gasteiger partial charge in [0.05, 0.1) is 6.04 Å². The molecular weight excluding hydrogens is 322 g/mol. The van der Waals surface area contributed by atoms with Crippen molar-refractivity contribution in [2.45, 2.75) is 65.1 Å². The highest BCUT2D eigenvalue weighted by Crippen LogP contribution is 2.23. The van der Waals surface area contributed by atoms with Crippen LogP contribution < -0.4 is 10.0 Å². The Kier molecular flexibility index (Phi) is 6.55. The van der Waals surface area contributed by atoms with E-state index in [-0.39, 0.29) is 6.54 Å². The van der Waals surface area contributed by atoms with Gasteiger partial charge in [0.25, 0.3) is 10.2 Å². The molecule has 2 N–H and O–H groups in total. The number of carbonyl (C=O) groups excluding carboxylic acids is 2. The van der Waals surface area contributed by atoms with E-state index < -0.39 is 39.8 Å². The van der Waals surface area contributed by atoms with Crippen LogP contribution in [0.2, 0.25) is 0 Å². The quantitative estimate of drug-likeness (QED) is 0.664. The molecule has 0 bridgehead atoms. The summed E-state index contributed by atoms with van der Waals surface area (Å²) >= 11 is 0. The summed E-state index contributed by atoms with van der Waals surface area (Å²) in [5.41, 5.74) is -0.684. The van der Waals surface area contributed by atoms with Crippen LogP contribution in [-0.4, -0.2) is 55.4 Å². The molecule has 134 valence electrons. The first kappa shape index (κ1) is 19.9. The van der Waals surface area contributed by atoms with E-state index in [1.807, 2.05) is 0 Å². The second-order valence-corrected chi connectivity index (χ2v) is 8.20. The maximum atomic E-state index is 12.5. The van der Waals surface area contributed by atoms with Crippen LogP contribution in [0.1, 0.15) is 47.5 Å². The van der Waals surface area contributed by atoms with E-state index in [4.69, 9.17) is 4.74 Å². The van der Waals surface area contributed by atoms with Crippen molar-refractivity contribution in [3.8, 4) is 0 Å². The van der Waals surface area contributed by atoms with Crippen molar-refractivity contribution in [1.29, 1.82) is 0 Å². The highest BCUT2D eigenvalue weighted by atomic mass is 32.2. The van der Waals surface area contributed by atoms with Crippen LogP contribution in [0.5, 0.6) is 0 Å². The summed E-state index contributed by atoms with van der Waals surface area (Å²) in [6, 6.07) is -1.77. The van der Waals surface area contributed by atoms with Crippen LogP contribution in [0.15, 0.2) is 0 Å². The zero-order valence-electron chi connectivity index (χ0n) is 14.4. The van der Waals surface area contributed by atoms with Crippen molar-refractivity contribution < 1.29 is 22.7 Å². The molecule has 1 fully saturated rings. The topological polar surface area (TPSA) is 105 Å². The summed E-state index contributed by atoms with van der Waals surface area (Å²) in [4.78, 5) is 23.9. The van der Waals surface area contributed by atoms with E-state index in [2.05, 4.69) is 10.0 Å². The maximum absolute atomic E-state index is 12.5. The van der Waals surface area contributed by atoms with Gasteiger partial charge < -0.3 is 10.1 Å². The molecule has 0 aromatic rings. The largest absolute Gasteiger partial charge is 0.459 e. The molecule has 1 saturated heterocycles. The van der Waals surface area contributed by atoms with E-state index in [0.717, 1.165) is 4.31 Å². The molecule has 1 amide bonds. The van der Waals surface area contributed by atoms with Crippen molar-refractivity contribution >= 4 is 22.1 Å². The van der Waals surface area contributed by atoms with Crippen molar-refractivity contribution in [2.75, 3.05) is 13.1 Å². The van der Waals surface area contributed by atoms with Crippen LogP contribution in [0.3, 0.4) is 0 Å². The molecule has 0 aliphatic carbocycles. The number of esters is 1. The first-order valence-corrected chi connectivity index (χ1v) is 9.21. The lowest BCUT2D eigenvalue weighted by atomic mass is 10.2. The third-order valence-corrected chi connectivity index (χ3v) is 4.97. The van der Waals surface area contributed by atoms with Crippen LogP contribution in [0.25, 0.3) is 0 Å². The van der Waals surface area contributed by atoms with E-state index in [0.29, 0.717) is 19.4 Å². The molecule has 0 saturated carbocycles. The van der Waals surface area contributed by atoms with Gasteiger partial charge in [0.15, 0.2) is 0 Å². The van der Waals surface area contributed by atoms with Crippen LogP contribution in [0.4, 0.5) is 0 Å². The molecule has 8 nitrogen and oxygen atoms in total. The predicted octanol–water partition coefficient (Wildman–Crippen LogP) is 0.152. The normalized spacial score (nSPS) is 21.0. The Balaban J connectivity index is 2.82. The minimum atomic E-state index is -3.95. The number of nitrogens with one attached hydrogen (secondary N) is 2. The molecule has 9 heteroatoms. The standard InChI is InChI=1S/C14H27N3O5S/c1-6-15-12(18)10(2)16-23(20,21)17-9-7-8-11(17)13(19)22-14(3,4)5/h10-11,16H,6-9H2,1-5H3,(H,15,18)/t10?,11-/m0/s1. The number of hydrogen-bond donors (Lipinski definition) is 2. The van der Waals surface area contributed by atoms with E-state index >= 15 is 0 Å². The molecule has 1 aliphatic rings. The third-order valence-electron chi connectivity index (χ3n) is 3.26. The smallest absolute Gasteiger partial charge is 0.325 e. The molecule has 2 atom stereocenters. The molecule has 1 aliphatic heterocycles. The zero-order chi connectivity index (χ0) is 17.8. The van der Waals surface area contributed by atoms with E-state index in [1.54, 1.807) is 27.7 Å². The minimum Gasteiger partial charge on any atom is -0.459 e. The SMILES string of the molecule is CCNC(=O)C(C)NS(=O)(=O)N1CCC[C@H]1C(=O)OC(C)(C)C. The molecule has 0 radical (unpaired) electrons. The van der Waals surface area contributed by atoms with Crippen LogP contribution in [-0.2, 0) is 24.5 Å². The van der Waals surface area contributed by atoms with Gasteiger partial charge in [-0.3, -0.25) is 9.59 Å². The lowest BCUT2D eigenvalue weighted by Gasteiger charge is -2.27. The molecule has 23 heavy (non-hydrogen) atoms. The number of nitrogens with zero attached hydrogens (tertiary/aromatic N) is 1. The van der Waals surface area contributed by atoms with Gasteiger partial charge >= 0.3 is 5.97 Å². The molecule has 0 aromatic carbocycles. The van der Waals surface area contributed by atoms with Crippen molar-refractivity contribution in [3.05, 3.63) is 0 Å². The Hall–Kier alpha value is -1.19. The number of hydrogen-bond acceptors (Lipinski definition) is 5. The van der Waals surface area contributed by atoms with Gasteiger partial charge in [-0.15, -0.1) is 0 Å². The summed E-state index contributed by atoms with van der Waals surface area (Å²) in [5.74, 6) is -0.977. The summed E-state index contributed by atoms with van der Waals surface area (Å²) in [5, 5.41) is 2.55. The zero-order valence-corrected chi connectivity index (χ0v) is 15.2. The highest BCUT2D eigenvalue weighted by molar-refractivity contribution is 7.87. The molecule has 1 heterocycles. The average molecular weight is 349 g/mol. The molecule has 0 aromatic heterocycles.